The smallest absolute Gasteiger partial charge is 0.306 e. The lowest BCUT2D eigenvalue weighted by molar-refractivity contribution is -0.144. The van der Waals surface area contributed by atoms with Gasteiger partial charge < -0.3 is 25.2 Å². The summed E-state index contributed by atoms with van der Waals surface area (Å²) < 4.78 is 10.0. The SMILES string of the molecule is C=CCCC(=O)OCCNC(=O)C(CC=C)CC(=O)NCCOCCO. The molecule has 0 aromatic heterocycles. The average Bonchev–Trinajstić information content (AvgIpc) is 2.62. The van der Waals surface area contributed by atoms with Crippen molar-refractivity contribution in [2.45, 2.75) is 25.7 Å². The molecule has 0 spiro atoms. The molecule has 0 aliphatic heterocycles. The molecular weight excluding hydrogens is 340 g/mol. The fraction of sp³-hybridized carbons (Fsp3) is 0.611. The monoisotopic (exact) mass is 370 g/mol. The molecule has 0 saturated heterocycles. The molecule has 0 fully saturated rings. The second-order valence-corrected chi connectivity index (χ2v) is 5.45. The van der Waals surface area contributed by atoms with Crippen LogP contribution in [-0.4, -0.2) is 62.4 Å². The van der Waals surface area contributed by atoms with E-state index in [1.807, 2.05) is 0 Å². The van der Waals surface area contributed by atoms with Crippen LogP contribution in [0.1, 0.15) is 25.7 Å². The van der Waals surface area contributed by atoms with Gasteiger partial charge in [-0.3, -0.25) is 14.4 Å². The maximum atomic E-state index is 12.2. The van der Waals surface area contributed by atoms with Crippen LogP contribution in [0.25, 0.3) is 0 Å². The van der Waals surface area contributed by atoms with Gasteiger partial charge in [-0.05, 0) is 12.8 Å². The highest BCUT2D eigenvalue weighted by molar-refractivity contribution is 5.85. The fourth-order valence-corrected chi connectivity index (χ4v) is 1.98. The Bertz CT molecular complexity index is 453. The van der Waals surface area contributed by atoms with Crippen LogP contribution in [0.15, 0.2) is 25.3 Å². The average molecular weight is 370 g/mol. The molecular formula is C18H30N2O6. The third kappa shape index (κ3) is 13.1. The highest BCUT2D eigenvalue weighted by Gasteiger charge is 2.20. The molecule has 3 N–H and O–H groups in total. The van der Waals surface area contributed by atoms with Crippen molar-refractivity contribution < 1.29 is 29.0 Å². The molecule has 0 heterocycles. The van der Waals surface area contributed by atoms with Crippen molar-refractivity contribution in [1.29, 1.82) is 0 Å². The lowest BCUT2D eigenvalue weighted by Gasteiger charge is -2.15. The van der Waals surface area contributed by atoms with Gasteiger partial charge in [0.2, 0.25) is 11.8 Å². The molecule has 1 atom stereocenters. The van der Waals surface area contributed by atoms with E-state index in [-0.39, 0.29) is 57.0 Å². The number of carbonyl (C=O) groups excluding carboxylic acids is 3. The van der Waals surface area contributed by atoms with Gasteiger partial charge in [-0.2, -0.15) is 0 Å². The van der Waals surface area contributed by atoms with Crippen molar-refractivity contribution in [2.24, 2.45) is 5.92 Å². The molecule has 148 valence electrons. The molecule has 2 amide bonds. The molecule has 0 aromatic carbocycles. The zero-order valence-electron chi connectivity index (χ0n) is 15.2. The van der Waals surface area contributed by atoms with E-state index in [9.17, 15) is 14.4 Å². The molecule has 0 aliphatic carbocycles. The summed E-state index contributed by atoms with van der Waals surface area (Å²) >= 11 is 0. The summed E-state index contributed by atoms with van der Waals surface area (Å²) in [5.41, 5.74) is 0. The van der Waals surface area contributed by atoms with Crippen LogP contribution in [0.2, 0.25) is 0 Å². The zero-order valence-corrected chi connectivity index (χ0v) is 15.2. The predicted molar refractivity (Wildman–Crippen MR) is 97.2 cm³/mol. The highest BCUT2D eigenvalue weighted by Crippen LogP contribution is 2.09. The third-order valence-corrected chi connectivity index (χ3v) is 3.27. The number of nitrogens with one attached hydrogen (secondary N) is 2. The molecule has 0 aromatic rings. The maximum Gasteiger partial charge on any atom is 0.306 e. The van der Waals surface area contributed by atoms with E-state index in [1.54, 1.807) is 12.2 Å². The van der Waals surface area contributed by atoms with E-state index in [2.05, 4.69) is 23.8 Å². The Morgan fingerprint density at radius 2 is 1.77 bits per heavy atom. The van der Waals surface area contributed by atoms with E-state index in [1.165, 1.54) is 0 Å². The minimum absolute atomic E-state index is 0.0248. The Labute approximate surface area is 154 Å². The minimum atomic E-state index is -0.540. The normalized spacial score (nSPS) is 11.3. The second kappa shape index (κ2) is 16.3. The van der Waals surface area contributed by atoms with Crippen molar-refractivity contribution in [2.75, 3.05) is 39.5 Å². The first-order valence-corrected chi connectivity index (χ1v) is 8.65. The van der Waals surface area contributed by atoms with Crippen molar-refractivity contribution in [3.63, 3.8) is 0 Å². The number of ether oxygens (including phenoxy) is 2. The van der Waals surface area contributed by atoms with Gasteiger partial charge in [0.15, 0.2) is 0 Å². The lowest BCUT2D eigenvalue weighted by atomic mass is 10.00. The summed E-state index contributed by atoms with van der Waals surface area (Å²) in [5, 5.41) is 13.9. The fourth-order valence-electron chi connectivity index (χ4n) is 1.98. The van der Waals surface area contributed by atoms with Gasteiger partial charge in [0.1, 0.15) is 6.61 Å². The number of allylic oxidation sites excluding steroid dienone is 2. The van der Waals surface area contributed by atoms with Gasteiger partial charge in [-0.15, -0.1) is 13.2 Å². The van der Waals surface area contributed by atoms with Crippen LogP contribution >= 0.6 is 0 Å². The first-order chi connectivity index (χ1) is 12.5. The number of hydrogen-bond acceptors (Lipinski definition) is 6. The van der Waals surface area contributed by atoms with Gasteiger partial charge in [0.25, 0.3) is 0 Å². The largest absolute Gasteiger partial charge is 0.464 e. The van der Waals surface area contributed by atoms with E-state index >= 15 is 0 Å². The van der Waals surface area contributed by atoms with Gasteiger partial charge in [0.05, 0.1) is 32.3 Å². The predicted octanol–water partition coefficient (Wildman–Crippen LogP) is 0.320. The number of aliphatic hydroxyl groups is 1. The third-order valence-electron chi connectivity index (χ3n) is 3.27. The van der Waals surface area contributed by atoms with Crippen LogP contribution in [0.5, 0.6) is 0 Å². The first-order valence-electron chi connectivity index (χ1n) is 8.65. The number of hydrogen-bond donors (Lipinski definition) is 3. The summed E-state index contributed by atoms with van der Waals surface area (Å²) in [7, 11) is 0. The molecule has 0 saturated carbocycles. The minimum Gasteiger partial charge on any atom is -0.464 e. The maximum absolute atomic E-state index is 12.2. The van der Waals surface area contributed by atoms with Crippen molar-refractivity contribution in [3.05, 3.63) is 25.3 Å². The van der Waals surface area contributed by atoms with Gasteiger partial charge in [-0.25, -0.2) is 0 Å². The van der Waals surface area contributed by atoms with E-state index in [4.69, 9.17) is 14.6 Å². The van der Waals surface area contributed by atoms with Crippen molar-refractivity contribution >= 4 is 17.8 Å². The van der Waals surface area contributed by atoms with Gasteiger partial charge >= 0.3 is 5.97 Å². The Kier molecular flexibility index (Phi) is 14.9. The molecule has 0 aliphatic rings. The molecule has 8 heteroatoms. The van der Waals surface area contributed by atoms with Gasteiger partial charge in [0, 0.05) is 19.4 Å². The Balaban J connectivity index is 4.07. The summed E-state index contributed by atoms with van der Waals surface area (Å²) in [6, 6.07) is 0. The summed E-state index contributed by atoms with van der Waals surface area (Å²) in [4.78, 5) is 35.4. The van der Waals surface area contributed by atoms with E-state index in [0.29, 0.717) is 26.0 Å². The second-order valence-electron chi connectivity index (χ2n) is 5.45. The van der Waals surface area contributed by atoms with Crippen LogP contribution < -0.4 is 10.6 Å². The molecule has 26 heavy (non-hydrogen) atoms. The zero-order chi connectivity index (χ0) is 19.6. The Morgan fingerprint density at radius 3 is 2.42 bits per heavy atom. The molecule has 8 nitrogen and oxygen atoms in total. The topological polar surface area (TPSA) is 114 Å². The van der Waals surface area contributed by atoms with E-state index in [0.717, 1.165) is 0 Å². The molecule has 0 radical (unpaired) electrons. The molecule has 0 rings (SSSR count). The van der Waals surface area contributed by atoms with E-state index < -0.39 is 5.92 Å². The van der Waals surface area contributed by atoms with Crippen LogP contribution in [-0.2, 0) is 23.9 Å². The summed E-state index contributed by atoms with van der Waals surface area (Å²) in [6.07, 6.45) is 4.41. The molecule has 1 unspecified atom stereocenters. The highest BCUT2D eigenvalue weighted by atomic mass is 16.5. The van der Waals surface area contributed by atoms with Crippen LogP contribution in [0.3, 0.4) is 0 Å². The Morgan fingerprint density at radius 1 is 1.04 bits per heavy atom. The first kappa shape index (κ1) is 23.8. The number of rotatable bonds is 16. The van der Waals surface area contributed by atoms with Crippen LogP contribution in [0.4, 0.5) is 0 Å². The molecule has 0 bridgehead atoms. The summed E-state index contributed by atoms with van der Waals surface area (Å²) in [5.74, 6) is -1.44. The van der Waals surface area contributed by atoms with Crippen LogP contribution in [0, 0.1) is 5.92 Å². The number of aliphatic hydroxyl groups excluding tert-OH is 1. The standard InChI is InChI=1S/C18H30N2O6/c1-3-5-7-17(23)26-12-9-20-18(24)15(6-4-2)14-16(22)19-8-11-25-13-10-21/h3-4,15,21H,1-2,5-14H2,(H,19,22)(H,20,24). The number of carbonyl (C=O) groups is 3. The Hall–Kier alpha value is -2.19. The lowest BCUT2D eigenvalue weighted by Crippen LogP contribution is -2.37. The van der Waals surface area contributed by atoms with Crippen molar-refractivity contribution in [3.8, 4) is 0 Å². The quantitative estimate of drug-likeness (QED) is 0.205. The van der Waals surface area contributed by atoms with Gasteiger partial charge in [-0.1, -0.05) is 12.2 Å². The van der Waals surface area contributed by atoms with Crippen molar-refractivity contribution in [1.82, 2.24) is 10.6 Å². The number of esters is 1. The number of amides is 2. The summed E-state index contributed by atoms with van der Waals surface area (Å²) in [6.45, 7) is 8.14.